The van der Waals surface area contributed by atoms with Gasteiger partial charge in [-0.2, -0.15) is 0 Å². The molecule has 4 nitrogen and oxygen atoms in total. The van der Waals surface area contributed by atoms with E-state index in [1.165, 1.54) is 24.8 Å². The average Bonchev–Trinajstić information content (AvgIpc) is 2.71. The Morgan fingerprint density at radius 3 is 2.95 bits per heavy atom. The second kappa shape index (κ2) is 5.31. The zero-order valence-electron chi connectivity index (χ0n) is 11.4. The summed E-state index contributed by atoms with van der Waals surface area (Å²) in [6.45, 7) is 3.90. The molecule has 1 aliphatic carbocycles. The van der Waals surface area contributed by atoms with E-state index in [4.69, 9.17) is 4.98 Å². The van der Waals surface area contributed by atoms with Crippen LogP contribution in [0.5, 0.6) is 0 Å². The number of pyridine rings is 1. The Balaban J connectivity index is 1.80. The molecule has 19 heavy (non-hydrogen) atoms. The minimum Gasteiger partial charge on any atom is -0.395 e. The topological polar surface area (TPSA) is 40.8 Å². The van der Waals surface area contributed by atoms with E-state index in [0.29, 0.717) is 6.04 Å². The standard InChI is InChI=1S/C15H21N3O/c1-12-4-3-7-18-11-13(16-15(12)18)10-17(8-9-19)14-5-2-6-14/h3-4,7,11,14,19H,2,5-6,8-10H2,1H3. The Kier molecular flexibility index (Phi) is 3.53. The molecule has 1 fully saturated rings. The van der Waals surface area contributed by atoms with Crippen molar-refractivity contribution in [1.82, 2.24) is 14.3 Å². The van der Waals surface area contributed by atoms with Crippen molar-refractivity contribution in [2.45, 2.75) is 38.8 Å². The molecule has 1 N–H and O–H groups in total. The third kappa shape index (κ3) is 2.51. The third-order valence-corrected chi connectivity index (χ3v) is 4.07. The predicted molar refractivity (Wildman–Crippen MR) is 75.1 cm³/mol. The molecule has 0 bridgehead atoms. The predicted octanol–water partition coefficient (Wildman–Crippen LogP) is 1.99. The van der Waals surface area contributed by atoms with Gasteiger partial charge in [-0.15, -0.1) is 0 Å². The molecular weight excluding hydrogens is 238 g/mol. The fourth-order valence-electron chi connectivity index (χ4n) is 2.76. The minimum absolute atomic E-state index is 0.225. The van der Waals surface area contributed by atoms with Gasteiger partial charge >= 0.3 is 0 Å². The number of nitrogens with zero attached hydrogens (tertiary/aromatic N) is 3. The van der Waals surface area contributed by atoms with E-state index < -0.39 is 0 Å². The third-order valence-electron chi connectivity index (χ3n) is 4.07. The number of aromatic nitrogens is 2. The molecule has 2 aromatic heterocycles. The molecule has 0 radical (unpaired) electrons. The highest BCUT2D eigenvalue weighted by molar-refractivity contribution is 5.47. The summed E-state index contributed by atoms with van der Waals surface area (Å²) in [6.07, 6.45) is 7.97. The molecule has 4 heteroatoms. The van der Waals surface area contributed by atoms with Gasteiger partial charge in [0.1, 0.15) is 5.65 Å². The molecule has 102 valence electrons. The summed E-state index contributed by atoms with van der Waals surface area (Å²) >= 11 is 0. The van der Waals surface area contributed by atoms with Crippen molar-refractivity contribution in [2.24, 2.45) is 0 Å². The van der Waals surface area contributed by atoms with Crippen LogP contribution in [0.15, 0.2) is 24.5 Å². The zero-order valence-corrected chi connectivity index (χ0v) is 11.4. The SMILES string of the molecule is Cc1cccn2cc(CN(CCO)C3CCC3)nc12. The smallest absolute Gasteiger partial charge is 0.139 e. The van der Waals surface area contributed by atoms with Crippen LogP contribution >= 0.6 is 0 Å². The lowest BCUT2D eigenvalue weighted by atomic mass is 9.91. The van der Waals surface area contributed by atoms with Crippen LogP contribution in [0.25, 0.3) is 5.65 Å². The van der Waals surface area contributed by atoms with E-state index in [0.717, 1.165) is 24.4 Å². The van der Waals surface area contributed by atoms with Gasteiger partial charge in [0.05, 0.1) is 12.3 Å². The van der Waals surface area contributed by atoms with Gasteiger partial charge in [-0.25, -0.2) is 4.98 Å². The number of aryl methyl sites for hydroxylation is 1. The maximum absolute atomic E-state index is 9.20. The Hall–Kier alpha value is -1.39. The molecule has 2 heterocycles. The molecule has 1 saturated carbocycles. The van der Waals surface area contributed by atoms with Crippen LogP contribution in [-0.2, 0) is 6.54 Å². The number of imidazole rings is 1. The van der Waals surface area contributed by atoms with Crippen LogP contribution < -0.4 is 0 Å². The van der Waals surface area contributed by atoms with E-state index in [1.807, 2.05) is 12.3 Å². The van der Waals surface area contributed by atoms with E-state index in [-0.39, 0.29) is 6.61 Å². The van der Waals surface area contributed by atoms with Crippen molar-refractivity contribution < 1.29 is 5.11 Å². The summed E-state index contributed by atoms with van der Waals surface area (Å²) in [7, 11) is 0. The quantitative estimate of drug-likeness (QED) is 0.892. The summed E-state index contributed by atoms with van der Waals surface area (Å²) in [5, 5.41) is 9.20. The second-order valence-electron chi connectivity index (χ2n) is 5.43. The average molecular weight is 259 g/mol. The van der Waals surface area contributed by atoms with Gasteiger partial charge in [0.2, 0.25) is 0 Å². The molecule has 0 spiro atoms. The summed E-state index contributed by atoms with van der Waals surface area (Å²) in [5.41, 5.74) is 3.33. The van der Waals surface area contributed by atoms with Gasteiger partial charge in [0.25, 0.3) is 0 Å². The van der Waals surface area contributed by atoms with Crippen molar-refractivity contribution in [1.29, 1.82) is 0 Å². The van der Waals surface area contributed by atoms with Gasteiger partial charge in [-0.05, 0) is 31.4 Å². The Morgan fingerprint density at radius 1 is 1.47 bits per heavy atom. The van der Waals surface area contributed by atoms with Crippen molar-refractivity contribution in [3.8, 4) is 0 Å². The van der Waals surface area contributed by atoms with Crippen molar-refractivity contribution in [3.63, 3.8) is 0 Å². The molecule has 0 aliphatic heterocycles. The molecule has 0 amide bonds. The van der Waals surface area contributed by atoms with Crippen LogP contribution in [0.3, 0.4) is 0 Å². The largest absolute Gasteiger partial charge is 0.395 e. The number of hydrogen-bond acceptors (Lipinski definition) is 3. The van der Waals surface area contributed by atoms with Crippen LogP contribution in [-0.4, -0.2) is 38.6 Å². The first-order valence-corrected chi connectivity index (χ1v) is 7.06. The fraction of sp³-hybridized carbons (Fsp3) is 0.533. The lowest BCUT2D eigenvalue weighted by molar-refractivity contribution is 0.0935. The van der Waals surface area contributed by atoms with Gasteiger partial charge in [0.15, 0.2) is 0 Å². The number of hydrogen-bond donors (Lipinski definition) is 1. The number of rotatable bonds is 5. The summed E-state index contributed by atoms with van der Waals surface area (Å²) in [4.78, 5) is 7.08. The van der Waals surface area contributed by atoms with Crippen molar-refractivity contribution >= 4 is 5.65 Å². The highest BCUT2D eigenvalue weighted by atomic mass is 16.3. The lowest BCUT2D eigenvalue weighted by Crippen LogP contribution is -2.41. The van der Waals surface area contributed by atoms with E-state index in [1.54, 1.807) is 0 Å². The van der Waals surface area contributed by atoms with Crippen LogP contribution in [0.2, 0.25) is 0 Å². The normalized spacial score (nSPS) is 16.2. The van der Waals surface area contributed by atoms with Crippen LogP contribution in [0.1, 0.15) is 30.5 Å². The molecule has 2 aromatic rings. The van der Waals surface area contributed by atoms with Crippen LogP contribution in [0.4, 0.5) is 0 Å². The summed E-state index contributed by atoms with van der Waals surface area (Å²) in [6, 6.07) is 4.77. The van der Waals surface area contributed by atoms with Gasteiger partial charge in [0, 0.05) is 31.5 Å². The molecule has 0 aromatic carbocycles. The number of fused-ring (bicyclic) bond motifs is 1. The van der Waals surface area contributed by atoms with Crippen molar-refractivity contribution in [2.75, 3.05) is 13.2 Å². The number of aliphatic hydroxyl groups excluding tert-OH is 1. The monoisotopic (exact) mass is 259 g/mol. The van der Waals surface area contributed by atoms with Gasteiger partial charge in [-0.3, -0.25) is 4.90 Å². The van der Waals surface area contributed by atoms with E-state index in [2.05, 4.69) is 28.5 Å². The first-order valence-electron chi connectivity index (χ1n) is 7.06. The van der Waals surface area contributed by atoms with Gasteiger partial charge < -0.3 is 9.51 Å². The number of aliphatic hydroxyl groups is 1. The summed E-state index contributed by atoms with van der Waals surface area (Å²) in [5.74, 6) is 0. The lowest BCUT2D eigenvalue weighted by Gasteiger charge is -2.36. The molecule has 3 rings (SSSR count). The molecule has 0 saturated heterocycles. The highest BCUT2D eigenvalue weighted by Gasteiger charge is 2.25. The van der Waals surface area contributed by atoms with Crippen molar-refractivity contribution in [3.05, 3.63) is 35.8 Å². The summed E-state index contributed by atoms with van der Waals surface area (Å²) < 4.78 is 2.09. The Morgan fingerprint density at radius 2 is 2.32 bits per heavy atom. The maximum atomic E-state index is 9.20. The maximum Gasteiger partial charge on any atom is 0.139 e. The first-order chi connectivity index (χ1) is 9.28. The second-order valence-corrected chi connectivity index (χ2v) is 5.43. The van der Waals surface area contributed by atoms with E-state index in [9.17, 15) is 5.11 Å². The molecule has 0 atom stereocenters. The zero-order chi connectivity index (χ0) is 13.2. The molecule has 1 aliphatic rings. The Bertz CT molecular complexity index is 560. The highest BCUT2D eigenvalue weighted by Crippen LogP contribution is 2.26. The molecular formula is C15H21N3O. The Labute approximate surface area is 113 Å². The first kappa shape index (κ1) is 12.6. The minimum atomic E-state index is 0.225. The molecule has 0 unspecified atom stereocenters. The van der Waals surface area contributed by atoms with Crippen LogP contribution in [0, 0.1) is 6.92 Å². The fourth-order valence-corrected chi connectivity index (χ4v) is 2.76. The van der Waals surface area contributed by atoms with E-state index >= 15 is 0 Å². The van der Waals surface area contributed by atoms with Gasteiger partial charge in [-0.1, -0.05) is 12.5 Å².